The Kier molecular flexibility index (Phi) is 4.07. The molecule has 0 aromatic heterocycles. The number of carbonyl (C=O) groups is 2. The quantitative estimate of drug-likeness (QED) is 0.659. The Labute approximate surface area is 95.2 Å². The summed E-state index contributed by atoms with van der Waals surface area (Å²) in [4.78, 5) is 20.9. The first kappa shape index (κ1) is 11.5. The summed E-state index contributed by atoms with van der Waals surface area (Å²) in [6, 6.07) is 4.72. The third kappa shape index (κ3) is 3.22. The van der Waals surface area contributed by atoms with Crippen molar-refractivity contribution in [3.63, 3.8) is 0 Å². The highest BCUT2D eigenvalue weighted by molar-refractivity contribution is 9.10. The normalized spacial score (nSPS) is 8.87. The van der Waals surface area contributed by atoms with Gasteiger partial charge >= 0.3 is 5.97 Å². The van der Waals surface area contributed by atoms with Gasteiger partial charge < -0.3 is 9.90 Å². The minimum Gasteiger partial charge on any atom is -0.478 e. The van der Waals surface area contributed by atoms with E-state index in [0.717, 1.165) is 4.47 Å². The minimum absolute atomic E-state index is 0.103. The second-order valence-electron chi connectivity index (χ2n) is 2.67. The molecule has 0 aliphatic heterocycles. The molecule has 0 saturated heterocycles. The van der Waals surface area contributed by atoms with E-state index in [-0.39, 0.29) is 12.0 Å². The molecule has 1 aromatic carbocycles. The molecule has 0 atom stereocenters. The number of halogens is 1. The van der Waals surface area contributed by atoms with E-state index in [1.54, 1.807) is 12.1 Å². The van der Waals surface area contributed by atoms with Crippen molar-refractivity contribution in [3.8, 4) is 11.8 Å². The number of carboxylic acid groups (broad SMARTS) is 1. The van der Waals surface area contributed by atoms with Crippen molar-refractivity contribution in [1.29, 1.82) is 0 Å². The number of aromatic carboxylic acids is 1. The van der Waals surface area contributed by atoms with Gasteiger partial charge in [-0.1, -0.05) is 27.8 Å². The van der Waals surface area contributed by atoms with Crippen LogP contribution in [0.25, 0.3) is 0 Å². The van der Waals surface area contributed by atoms with E-state index in [4.69, 9.17) is 5.11 Å². The molecule has 0 spiro atoms. The largest absolute Gasteiger partial charge is 0.478 e. The van der Waals surface area contributed by atoms with Crippen LogP contribution in [0.2, 0.25) is 0 Å². The molecule has 0 aliphatic carbocycles. The maximum absolute atomic E-state index is 10.8. The summed E-state index contributed by atoms with van der Waals surface area (Å²) in [5.41, 5.74) is 0.537. The summed E-state index contributed by atoms with van der Waals surface area (Å²) in [5.74, 6) is 4.19. The van der Waals surface area contributed by atoms with Gasteiger partial charge in [-0.25, -0.2) is 4.79 Å². The molecule has 76 valence electrons. The number of benzene rings is 1. The standard InChI is InChI=1S/C11H7BrO3/c12-9-4-5-10(11(14)15)8(7-9)3-1-2-6-13/h4-7H,2H2,(H,14,15). The van der Waals surface area contributed by atoms with E-state index >= 15 is 0 Å². The summed E-state index contributed by atoms with van der Waals surface area (Å²) in [6.07, 6.45) is 0.775. The van der Waals surface area contributed by atoms with Crippen LogP contribution in [0, 0.1) is 11.8 Å². The van der Waals surface area contributed by atoms with Crippen LogP contribution in [0.4, 0.5) is 0 Å². The van der Waals surface area contributed by atoms with Crippen molar-refractivity contribution < 1.29 is 14.7 Å². The van der Waals surface area contributed by atoms with E-state index in [2.05, 4.69) is 27.8 Å². The van der Waals surface area contributed by atoms with Crippen LogP contribution >= 0.6 is 15.9 Å². The second kappa shape index (κ2) is 5.32. The zero-order valence-corrected chi connectivity index (χ0v) is 9.24. The number of carboxylic acids is 1. The molecule has 0 fully saturated rings. The van der Waals surface area contributed by atoms with Gasteiger partial charge in [0, 0.05) is 10.0 Å². The predicted molar refractivity (Wildman–Crippen MR) is 58.7 cm³/mol. The van der Waals surface area contributed by atoms with E-state index in [1.165, 1.54) is 6.07 Å². The van der Waals surface area contributed by atoms with Crippen LogP contribution in [-0.2, 0) is 4.79 Å². The maximum atomic E-state index is 10.8. The first-order valence-corrected chi connectivity index (χ1v) is 4.90. The Morgan fingerprint density at radius 3 is 2.87 bits per heavy atom. The maximum Gasteiger partial charge on any atom is 0.336 e. The van der Waals surface area contributed by atoms with Gasteiger partial charge in [0.05, 0.1) is 12.0 Å². The highest BCUT2D eigenvalue weighted by atomic mass is 79.9. The molecule has 1 N–H and O–H groups in total. The fourth-order valence-corrected chi connectivity index (χ4v) is 1.36. The SMILES string of the molecule is O=CCC#Cc1cc(Br)ccc1C(=O)O. The number of hydrogen-bond donors (Lipinski definition) is 1. The summed E-state index contributed by atoms with van der Waals surface area (Å²) in [6.45, 7) is 0. The Morgan fingerprint density at radius 2 is 2.27 bits per heavy atom. The van der Waals surface area contributed by atoms with Gasteiger partial charge in [-0.2, -0.15) is 0 Å². The van der Waals surface area contributed by atoms with Gasteiger partial charge in [0.25, 0.3) is 0 Å². The van der Waals surface area contributed by atoms with Crippen LogP contribution in [0.5, 0.6) is 0 Å². The lowest BCUT2D eigenvalue weighted by molar-refractivity contribution is -0.107. The molecule has 4 heteroatoms. The molecule has 0 aliphatic rings. The van der Waals surface area contributed by atoms with Crippen LogP contribution in [0.1, 0.15) is 22.3 Å². The molecular formula is C11H7BrO3. The molecule has 0 amide bonds. The van der Waals surface area contributed by atoms with Gasteiger partial charge in [0.15, 0.2) is 0 Å². The molecule has 15 heavy (non-hydrogen) atoms. The molecule has 0 bridgehead atoms. The lowest BCUT2D eigenvalue weighted by Gasteiger charge is -1.99. The van der Waals surface area contributed by atoms with E-state index < -0.39 is 5.97 Å². The number of aldehydes is 1. The van der Waals surface area contributed by atoms with Crippen molar-refractivity contribution in [1.82, 2.24) is 0 Å². The fourth-order valence-electron chi connectivity index (χ4n) is 0.994. The topological polar surface area (TPSA) is 54.4 Å². The zero-order valence-electron chi connectivity index (χ0n) is 7.66. The second-order valence-corrected chi connectivity index (χ2v) is 3.58. The Bertz CT molecular complexity index is 455. The number of hydrogen-bond acceptors (Lipinski definition) is 2. The third-order valence-electron chi connectivity index (χ3n) is 1.62. The van der Waals surface area contributed by atoms with Crippen molar-refractivity contribution in [2.45, 2.75) is 6.42 Å². The number of carbonyl (C=O) groups excluding carboxylic acids is 1. The van der Waals surface area contributed by atoms with Crippen LogP contribution in [0.3, 0.4) is 0 Å². The molecule has 0 heterocycles. The lowest BCUT2D eigenvalue weighted by atomic mass is 10.1. The van der Waals surface area contributed by atoms with Crippen LogP contribution < -0.4 is 0 Å². The van der Waals surface area contributed by atoms with Crippen molar-refractivity contribution in [2.75, 3.05) is 0 Å². The summed E-state index contributed by atoms with van der Waals surface area (Å²) in [7, 11) is 0. The summed E-state index contributed by atoms with van der Waals surface area (Å²) >= 11 is 3.22. The Morgan fingerprint density at radius 1 is 1.53 bits per heavy atom. The zero-order chi connectivity index (χ0) is 11.3. The van der Waals surface area contributed by atoms with Gasteiger partial charge in [-0.05, 0) is 18.2 Å². The fraction of sp³-hybridized carbons (Fsp3) is 0.0909. The Balaban J connectivity index is 3.14. The molecule has 0 saturated carbocycles. The molecule has 0 unspecified atom stereocenters. The lowest BCUT2D eigenvalue weighted by Crippen LogP contribution is -1.99. The molecular weight excluding hydrogens is 260 g/mol. The molecule has 0 radical (unpaired) electrons. The average Bonchev–Trinajstić information content (AvgIpc) is 2.18. The van der Waals surface area contributed by atoms with E-state index in [9.17, 15) is 9.59 Å². The Hall–Kier alpha value is -1.60. The molecule has 1 rings (SSSR count). The molecule has 3 nitrogen and oxygen atoms in total. The number of rotatable bonds is 2. The van der Waals surface area contributed by atoms with Gasteiger partial charge in [-0.15, -0.1) is 0 Å². The first-order chi connectivity index (χ1) is 7.15. The summed E-state index contributed by atoms with van der Waals surface area (Å²) in [5, 5.41) is 8.86. The van der Waals surface area contributed by atoms with Crippen molar-refractivity contribution in [3.05, 3.63) is 33.8 Å². The third-order valence-corrected chi connectivity index (χ3v) is 2.11. The van der Waals surface area contributed by atoms with Crippen molar-refractivity contribution in [2.24, 2.45) is 0 Å². The smallest absolute Gasteiger partial charge is 0.336 e. The van der Waals surface area contributed by atoms with Crippen LogP contribution in [0.15, 0.2) is 22.7 Å². The molecule has 1 aromatic rings. The van der Waals surface area contributed by atoms with Gasteiger partial charge in [-0.3, -0.25) is 0 Å². The van der Waals surface area contributed by atoms with Crippen LogP contribution in [-0.4, -0.2) is 17.4 Å². The van der Waals surface area contributed by atoms with Gasteiger partial charge in [0.1, 0.15) is 6.29 Å². The van der Waals surface area contributed by atoms with E-state index in [0.29, 0.717) is 11.8 Å². The monoisotopic (exact) mass is 266 g/mol. The highest BCUT2D eigenvalue weighted by Gasteiger charge is 2.07. The van der Waals surface area contributed by atoms with Crippen molar-refractivity contribution >= 4 is 28.2 Å². The summed E-state index contributed by atoms with van der Waals surface area (Å²) < 4.78 is 0.753. The highest BCUT2D eigenvalue weighted by Crippen LogP contribution is 2.15. The average molecular weight is 267 g/mol. The minimum atomic E-state index is -1.03. The predicted octanol–water partition coefficient (Wildman–Crippen LogP) is 2.09. The first-order valence-electron chi connectivity index (χ1n) is 4.10. The van der Waals surface area contributed by atoms with Gasteiger partial charge in [0.2, 0.25) is 0 Å². The van der Waals surface area contributed by atoms with E-state index in [1.807, 2.05) is 0 Å².